The van der Waals surface area contributed by atoms with Gasteiger partial charge in [-0.15, -0.1) is 0 Å². The van der Waals surface area contributed by atoms with E-state index in [1.54, 1.807) is 7.11 Å². The second-order valence-electron chi connectivity index (χ2n) is 4.75. The van der Waals surface area contributed by atoms with E-state index in [2.05, 4.69) is 25.1 Å². The molecule has 3 nitrogen and oxygen atoms in total. The third kappa shape index (κ3) is 5.05. The number of ether oxygens (including phenoxy) is 1. The summed E-state index contributed by atoms with van der Waals surface area (Å²) in [7, 11) is 3.72. The quantitative estimate of drug-likeness (QED) is 0.795. The molecule has 2 unspecified atom stereocenters. The number of hydrogen-bond donors (Lipinski definition) is 1. The number of hydrogen-bond acceptors (Lipinski definition) is 4. The van der Waals surface area contributed by atoms with Crippen molar-refractivity contribution in [2.75, 3.05) is 32.7 Å². The van der Waals surface area contributed by atoms with Gasteiger partial charge in [-0.2, -0.15) is 11.8 Å². The van der Waals surface area contributed by atoms with E-state index in [1.165, 1.54) is 0 Å². The molecule has 0 bridgehead atoms. The van der Waals surface area contributed by atoms with Crippen LogP contribution in [0.25, 0.3) is 0 Å². The summed E-state index contributed by atoms with van der Waals surface area (Å²) in [4.78, 5) is 2.24. The number of methoxy groups -OCH3 is 1. The highest BCUT2D eigenvalue weighted by Crippen LogP contribution is 2.21. The van der Waals surface area contributed by atoms with Gasteiger partial charge < -0.3 is 9.84 Å². The first-order valence-corrected chi connectivity index (χ1v) is 8.02. The second kappa shape index (κ2) is 8.46. The molecule has 4 heteroatoms. The van der Waals surface area contributed by atoms with E-state index < -0.39 is 6.10 Å². The smallest absolute Gasteiger partial charge is 0.119 e. The Bertz CT molecular complexity index is 373. The second-order valence-corrected chi connectivity index (χ2v) is 5.66. The van der Waals surface area contributed by atoms with Gasteiger partial charge in [-0.1, -0.05) is 19.1 Å². The van der Waals surface area contributed by atoms with Gasteiger partial charge in [-0.3, -0.25) is 4.90 Å². The van der Waals surface area contributed by atoms with Crippen molar-refractivity contribution in [3.8, 4) is 5.75 Å². The number of rotatable bonds is 8. The predicted molar refractivity (Wildman–Crippen MR) is 83.0 cm³/mol. The number of aliphatic hydroxyl groups excluding tert-OH is 1. The van der Waals surface area contributed by atoms with E-state index in [1.807, 2.05) is 36.0 Å². The fraction of sp³-hybridized carbons (Fsp3) is 0.600. The Morgan fingerprint density at radius 1 is 1.42 bits per heavy atom. The third-order valence-corrected chi connectivity index (χ3v) is 4.11. The molecule has 108 valence electrons. The molecular formula is C15H25NO2S. The van der Waals surface area contributed by atoms with Crippen LogP contribution < -0.4 is 4.74 Å². The van der Waals surface area contributed by atoms with E-state index in [0.717, 1.165) is 23.5 Å². The van der Waals surface area contributed by atoms with Crippen molar-refractivity contribution in [3.63, 3.8) is 0 Å². The van der Waals surface area contributed by atoms with Gasteiger partial charge in [-0.05, 0) is 37.4 Å². The topological polar surface area (TPSA) is 32.7 Å². The fourth-order valence-electron chi connectivity index (χ4n) is 2.13. The average Bonchev–Trinajstić information content (AvgIpc) is 2.44. The summed E-state index contributed by atoms with van der Waals surface area (Å²) in [5.74, 6) is 1.88. The Kier molecular flexibility index (Phi) is 7.28. The molecule has 0 aliphatic rings. The lowest BCUT2D eigenvalue weighted by Crippen LogP contribution is -2.36. The first kappa shape index (κ1) is 16.3. The summed E-state index contributed by atoms with van der Waals surface area (Å²) in [6.45, 7) is 2.83. The largest absolute Gasteiger partial charge is 0.497 e. The van der Waals surface area contributed by atoms with Crippen molar-refractivity contribution in [2.24, 2.45) is 0 Å². The van der Waals surface area contributed by atoms with Gasteiger partial charge in [0.25, 0.3) is 0 Å². The predicted octanol–water partition coefficient (Wildman–Crippen LogP) is 2.80. The zero-order valence-electron chi connectivity index (χ0n) is 12.3. The molecule has 0 amide bonds. The third-order valence-electron chi connectivity index (χ3n) is 3.39. The van der Waals surface area contributed by atoms with Gasteiger partial charge in [0, 0.05) is 18.3 Å². The van der Waals surface area contributed by atoms with Crippen molar-refractivity contribution in [1.29, 1.82) is 0 Å². The monoisotopic (exact) mass is 283 g/mol. The number of aliphatic hydroxyl groups is 1. The molecule has 0 spiro atoms. The first-order chi connectivity index (χ1) is 9.12. The zero-order chi connectivity index (χ0) is 14.3. The molecule has 0 heterocycles. The van der Waals surface area contributed by atoms with Crippen LogP contribution in [-0.2, 0) is 0 Å². The summed E-state index contributed by atoms with van der Waals surface area (Å²) in [6.07, 6.45) is 2.74. The van der Waals surface area contributed by atoms with Gasteiger partial charge in [0.1, 0.15) is 5.75 Å². The summed E-state index contributed by atoms with van der Waals surface area (Å²) in [6, 6.07) is 8.15. The van der Waals surface area contributed by atoms with E-state index >= 15 is 0 Å². The summed E-state index contributed by atoms with van der Waals surface area (Å²) >= 11 is 1.85. The zero-order valence-corrected chi connectivity index (χ0v) is 13.1. The normalized spacial score (nSPS) is 14.4. The highest BCUT2D eigenvalue weighted by molar-refractivity contribution is 7.98. The molecule has 0 aliphatic heterocycles. The van der Waals surface area contributed by atoms with E-state index in [4.69, 9.17) is 4.74 Å². The van der Waals surface area contributed by atoms with Crippen LogP contribution in [-0.4, -0.2) is 48.8 Å². The van der Waals surface area contributed by atoms with Crippen LogP contribution in [0.2, 0.25) is 0 Å². The van der Waals surface area contributed by atoms with Crippen LogP contribution in [0.5, 0.6) is 5.75 Å². The maximum Gasteiger partial charge on any atom is 0.119 e. The Hall–Kier alpha value is -0.710. The Labute approximate surface area is 121 Å². The minimum Gasteiger partial charge on any atom is -0.497 e. The minimum atomic E-state index is -0.476. The van der Waals surface area contributed by atoms with E-state index in [9.17, 15) is 5.11 Å². The van der Waals surface area contributed by atoms with Crippen LogP contribution in [0.1, 0.15) is 25.0 Å². The van der Waals surface area contributed by atoms with Crippen LogP contribution in [0.15, 0.2) is 24.3 Å². The first-order valence-electron chi connectivity index (χ1n) is 6.63. The molecule has 1 aromatic carbocycles. The van der Waals surface area contributed by atoms with Crippen molar-refractivity contribution < 1.29 is 9.84 Å². The number of likely N-dealkylation sites (N-methyl/N-ethyl adjacent to an activating group) is 1. The SMILES string of the molecule is CCC(CSC)N(C)CC(O)c1cccc(OC)c1. The van der Waals surface area contributed by atoms with Crippen molar-refractivity contribution in [3.05, 3.63) is 29.8 Å². The molecule has 1 aromatic rings. The maximum atomic E-state index is 10.3. The summed E-state index contributed by atoms with van der Waals surface area (Å²) in [5.41, 5.74) is 0.908. The van der Waals surface area contributed by atoms with Gasteiger partial charge in [0.15, 0.2) is 0 Å². The highest BCUT2D eigenvalue weighted by Gasteiger charge is 2.17. The fourth-order valence-corrected chi connectivity index (χ4v) is 3.00. The van der Waals surface area contributed by atoms with Gasteiger partial charge >= 0.3 is 0 Å². The number of thioether (sulfide) groups is 1. The molecule has 0 aromatic heterocycles. The van der Waals surface area contributed by atoms with Crippen LogP contribution in [0.3, 0.4) is 0 Å². The lowest BCUT2D eigenvalue weighted by Gasteiger charge is -2.28. The van der Waals surface area contributed by atoms with Gasteiger partial charge in [0.05, 0.1) is 13.2 Å². The van der Waals surface area contributed by atoms with Gasteiger partial charge in [-0.25, -0.2) is 0 Å². The van der Waals surface area contributed by atoms with E-state index in [0.29, 0.717) is 12.6 Å². The molecule has 0 fully saturated rings. The molecular weight excluding hydrogens is 258 g/mol. The molecule has 2 atom stereocenters. The van der Waals surface area contributed by atoms with Crippen LogP contribution >= 0.6 is 11.8 Å². The van der Waals surface area contributed by atoms with Gasteiger partial charge in [0.2, 0.25) is 0 Å². The van der Waals surface area contributed by atoms with Crippen LogP contribution in [0.4, 0.5) is 0 Å². The molecule has 1 rings (SSSR count). The maximum absolute atomic E-state index is 10.3. The summed E-state index contributed by atoms with van der Waals surface area (Å²) in [5, 5.41) is 10.3. The lowest BCUT2D eigenvalue weighted by molar-refractivity contribution is 0.108. The minimum absolute atomic E-state index is 0.476. The Balaban J connectivity index is 2.64. The highest BCUT2D eigenvalue weighted by atomic mass is 32.2. The number of nitrogens with zero attached hydrogens (tertiary/aromatic N) is 1. The molecule has 0 radical (unpaired) electrons. The van der Waals surface area contributed by atoms with Crippen molar-refractivity contribution in [2.45, 2.75) is 25.5 Å². The molecule has 19 heavy (non-hydrogen) atoms. The average molecular weight is 283 g/mol. The Morgan fingerprint density at radius 2 is 2.16 bits per heavy atom. The number of benzene rings is 1. The summed E-state index contributed by atoms with van der Waals surface area (Å²) < 4.78 is 5.19. The molecule has 1 N–H and O–H groups in total. The molecule has 0 saturated heterocycles. The Morgan fingerprint density at radius 3 is 2.74 bits per heavy atom. The molecule has 0 aliphatic carbocycles. The standard InChI is InChI=1S/C15H25NO2S/c1-5-13(11-19-4)16(2)10-15(17)12-7-6-8-14(9-12)18-3/h6-9,13,15,17H,5,10-11H2,1-4H3. The molecule has 0 saturated carbocycles. The van der Waals surface area contributed by atoms with E-state index in [-0.39, 0.29) is 0 Å². The van der Waals surface area contributed by atoms with Crippen LogP contribution in [0, 0.1) is 0 Å². The lowest BCUT2D eigenvalue weighted by atomic mass is 10.1. The van der Waals surface area contributed by atoms with Crippen molar-refractivity contribution >= 4 is 11.8 Å². The van der Waals surface area contributed by atoms with Crippen molar-refractivity contribution in [1.82, 2.24) is 4.90 Å².